The molecule has 1 saturated carbocycles. The minimum atomic E-state index is 0.660. The van der Waals surface area contributed by atoms with E-state index in [1.54, 1.807) is 0 Å². The summed E-state index contributed by atoms with van der Waals surface area (Å²) in [6, 6.07) is 9.17. The lowest BCUT2D eigenvalue weighted by Crippen LogP contribution is -2.35. The molecule has 3 rings (SSSR count). The molecule has 0 bridgehead atoms. The average molecular weight is 268 g/mol. The van der Waals surface area contributed by atoms with Gasteiger partial charge in [0.25, 0.3) is 0 Å². The van der Waals surface area contributed by atoms with Crippen LogP contribution in [0.25, 0.3) is 10.8 Å². The van der Waals surface area contributed by atoms with E-state index in [-0.39, 0.29) is 0 Å². The molecule has 1 N–H and O–H groups in total. The molecule has 1 heterocycles. The molecule has 106 valence electrons. The van der Waals surface area contributed by atoms with Crippen LogP contribution in [0.2, 0.25) is 0 Å². The molecule has 0 aliphatic heterocycles. The van der Waals surface area contributed by atoms with Gasteiger partial charge in [-0.25, -0.2) is 0 Å². The highest BCUT2D eigenvalue weighted by Gasteiger charge is 2.23. The van der Waals surface area contributed by atoms with Crippen molar-refractivity contribution < 1.29 is 0 Å². The van der Waals surface area contributed by atoms with Gasteiger partial charge < -0.3 is 5.32 Å². The Morgan fingerprint density at radius 3 is 2.60 bits per heavy atom. The van der Waals surface area contributed by atoms with Gasteiger partial charge in [-0.2, -0.15) is 0 Å². The van der Waals surface area contributed by atoms with Crippen molar-refractivity contribution in [3.63, 3.8) is 0 Å². The molecule has 1 aromatic heterocycles. The number of fused-ring (bicyclic) bond motifs is 1. The number of benzene rings is 1. The van der Waals surface area contributed by atoms with Gasteiger partial charge in [0, 0.05) is 30.4 Å². The summed E-state index contributed by atoms with van der Waals surface area (Å²) in [5, 5.41) is 6.31. The second-order valence-electron chi connectivity index (χ2n) is 6.52. The summed E-state index contributed by atoms with van der Waals surface area (Å²) < 4.78 is 0. The third-order valence-corrected chi connectivity index (χ3v) is 4.51. The third kappa shape index (κ3) is 3.01. The van der Waals surface area contributed by atoms with E-state index in [1.165, 1.54) is 35.6 Å². The standard InChI is InChI=1S/C18H24N2/c1-13-7-14(2)9-17(8-13)20-12-16-11-19-10-15-5-3-4-6-18(15)16/h3-6,10-11,13-14,17,20H,7-9,12H2,1-2H3. The van der Waals surface area contributed by atoms with Crippen molar-refractivity contribution in [2.45, 2.75) is 45.7 Å². The first-order valence-electron chi connectivity index (χ1n) is 7.77. The molecule has 2 aromatic rings. The predicted octanol–water partition coefficient (Wildman–Crippen LogP) is 4.15. The van der Waals surface area contributed by atoms with E-state index in [4.69, 9.17) is 0 Å². The predicted molar refractivity (Wildman–Crippen MR) is 84.5 cm³/mol. The Balaban J connectivity index is 1.71. The number of hydrogen-bond donors (Lipinski definition) is 1. The topological polar surface area (TPSA) is 24.9 Å². The minimum absolute atomic E-state index is 0.660. The number of hydrogen-bond acceptors (Lipinski definition) is 2. The van der Waals surface area contributed by atoms with Gasteiger partial charge in [0.15, 0.2) is 0 Å². The largest absolute Gasteiger partial charge is 0.310 e. The van der Waals surface area contributed by atoms with Gasteiger partial charge in [-0.3, -0.25) is 4.98 Å². The maximum atomic E-state index is 4.37. The average Bonchev–Trinajstić information content (AvgIpc) is 2.44. The summed E-state index contributed by atoms with van der Waals surface area (Å²) in [5.41, 5.74) is 1.31. The van der Waals surface area contributed by atoms with Gasteiger partial charge in [-0.1, -0.05) is 38.1 Å². The first-order valence-corrected chi connectivity index (χ1v) is 7.77. The molecule has 0 amide bonds. The highest BCUT2D eigenvalue weighted by molar-refractivity contribution is 5.84. The smallest absolute Gasteiger partial charge is 0.0346 e. The van der Waals surface area contributed by atoms with Crippen LogP contribution in [0.4, 0.5) is 0 Å². The maximum Gasteiger partial charge on any atom is 0.0346 e. The van der Waals surface area contributed by atoms with E-state index in [0.717, 1.165) is 18.4 Å². The number of rotatable bonds is 3. The fourth-order valence-corrected chi connectivity index (χ4v) is 3.69. The van der Waals surface area contributed by atoms with Crippen LogP contribution in [0.1, 0.15) is 38.7 Å². The highest BCUT2D eigenvalue weighted by atomic mass is 14.9. The van der Waals surface area contributed by atoms with E-state index < -0.39 is 0 Å². The molecular weight excluding hydrogens is 244 g/mol. The van der Waals surface area contributed by atoms with Crippen molar-refractivity contribution in [3.8, 4) is 0 Å². The van der Waals surface area contributed by atoms with Crippen molar-refractivity contribution >= 4 is 10.8 Å². The fraction of sp³-hybridized carbons (Fsp3) is 0.500. The van der Waals surface area contributed by atoms with E-state index in [2.05, 4.69) is 48.4 Å². The normalized spacial score (nSPS) is 26.8. The Hall–Kier alpha value is -1.41. The van der Waals surface area contributed by atoms with Gasteiger partial charge in [0.1, 0.15) is 0 Å². The molecule has 2 heteroatoms. The second-order valence-corrected chi connectivity index (χ2v) is 6.52. The Morgan fingerprint density at radius 2 is 1.80 bits per heavy atom. The monoisotopic (exact) mass is 268 g/mol. The zero-order chi connectivity index (χ0) is 13.9. The van der Waals surface area contributed by atoms with Crippen molar-refractivity contribution in [1.82, 2.24) is 10.3 Å². The van der Waals surface area contributed by atoms with Crippen LogP contribution < -0.4 is 5.32 Å². The summed E-state index contributed by atoms with van der Waals surface area (Å²) in [4.78, 5) is 4.37. The summed E-state index contributed by atoms with van der Waals surface area (Å²) >= 11 is 0. The summed E-state index contributed by atoms with van der Waals surface area (Å²) in [7, 11) is 0. The van der Waals surface area contributed by atoms with E-state index >= 15 is 0 Å². The summed E-state index contributed by atoms with van der Waals surface area (Å²) in [5.74, 6) is 1.70. The zero-order valence-electron chi connectivity index (χ0n) is 12.5. The van der Waals surface area contributed by atoms with Gasteiger partial charge in [-0.15, -0.1) is 0 Å². The number of nitrogens with one attached hydrogen (secondary N) is 1. The minimum Gasteiger partial charge on any atom is -0.310 e. The molecule has 1 fully saturated rings. The molecule has 0 saturated heterocycles. The molecular formula is C18H24N2. The molecule has 2 nitrogen and oxygen atoms in total. The van der Waals surface area contributed by atoms with Gasteiger partial charge in [-0.05, 0) is 42.0 Å². The van der Waals surface area contributed by atoms with E-state index in [9.17, 15) is 0 Å². The van der Waals surface area contributed by atoms with Crippen molar-refractivity contribution in [2.24, 2.45) is 11.8 Å². The zero-order valence-corrected chi connectivity index (χ0v) is 12.5. The van der Waals surface area contributed by atoms with Crippen LogP contribution in [0, 0.1) is 11.8 Å². The fourth-order valence-electron chi connectivity index (χ4n) is 3.69. The number of nitrogens with zero attached hydrogens (tertiary/aromatic N) is 1. The van der Waals surface area contributed by atoms with Crippen molar-refractivity contribution in [1.29, 1.82) is 0 Å². The Labute approximate surface area is 121 Å². The lowest BCUT2D eigenvalue weighted by atomic mass is 9.80. The third-order valence-electron chi connectivity index (χ3n) is 4.51. The van der Waals surface area contributed by atoms with Crippen LogP contribution in [0.3, 0.4) is 0 Å². The van der Waals surface area contributed by atoms with Crippen LogP contribution in [-0.4, -0.2) is 11.0 Å². The van der Waals surface area contributed by atoms with Crippen LogP contribution in [-0.2, 0) is 6.54 Å². The first-order chi connectivity index (χ1) is 9.72. The highest BCUT2D eigenvalue weighted by Crippen LogP contribution is 2.28. The molecule has 20 heavy (non-hydrogen) atoms. The molecule has 1 aromatic carbocycles. The lowest BCUT2D eigenvalue weighted by Gasteiger charge is -2.32. The Bertz CT molecular complexity index is 563. The van der Waals surface area contributed by atoms with Gasteiger partial charge in [0.2, 0.25) is 0 Å². The molecule has 2 unspecified atom stereocenters. The maximum absolute atomic E-state index is 4.37. The number of pyridine rings is 1. The first kappa shape index (κ1) is 13.6. The Morgan fingerprint density at radius 1 is 1.05 bits per heavy atom. The van der Waals surface area contributed by atoms with Crippen LogP contribution in [0.5, 0.6) is 0 Å². The van der Waals surface area contributed by atoms with Crippen LogP contribution in [0.15, 0.2) is 36.7 Å². The molecule has 0 spiro atoms. The summed E-state index contributed by atoms with van der Waals surface area (Å²) in [6.07, 6.45) is 7.95. The van der Waals surface area contributed by atoms with Crippen molar-refractivity contribution in [3.05, 3.63) is 42.2 Å². The van der Waals surface area contributed by atoms with Gasteiger partial charge >= 0.3 is 0 Å². The Kier molecular flexibility index (Phi) is 4.02. The molecule has 1 aliphatic rings. The molecule has 2 atom stereocenters. The lowest BCUT2D eigenvalue weighted by molar-refractivity contribution is 0.238. The SMILES string of the molecule is CC1CC(C)CC(NCc2cncc3ccccc23)C1. The van der Waals surface area contributed by atoms with Gasteiger partial charge in [0.05, 0.1) is 0 Å². The molecule has 1 aliphatic carbocycles. The quantitative estimate of drug-likeness (QED) is 0.904. The second kappa shape index (κ2) is 5.92. The van der Waals surface area contributed by atoms with E-state index in [1.807, 2.05) is 12.4 Å². The van der Waals surface area contributed by atoms with E-state index in [0.29, 0.717) is 6.04 Å². The summed E-state index contributed by atoms with van der Waals surface area (Å²) in [6.45, 7) is 5.69. The van der Waals surface area contributed by atoms with Crippen molar-refractivity contribution in [2.75, 3.05) is 0 Å². The number of aromatic nitrogens is 1. The van der Waals surface area contributed by atoms with Crippen LogP contribution >= 0.6 is 0 Å². The molecule has 0 radical (unpaired) electrons.